The molecule has 0 saturated carbocycles. The molecular weight excluding hydrogens is 452 g/mol. The number of hydrogen-bond donors (Lipinski definition) is 0. The summed E-state index contributed by atoms with van der Waals surface area (Å²) >= 11 is 0. The topological polar surface area (TPSA) is 61.8 Å². The van der Waals surface area contributed by atoms with E-state index in [0.717, 1.165) is 33.6 Å². The van der Waals surface area contributed by atoms with Crippen LogP contribution in [0.5, 0.6) is 5.75 Å². The van der Waals surface area contributed by atoms with E-state index in [-0.39, 0.29) is 11.8 Å². The molecule has 3 aromatic carbocycles. The molecule has 3 rings (SSSR count). The van der Waals surface area contributed by atoms with Crippen LogP contribution in [0.2, 0.25) is 0 Å². The lowest BCUT2D eigenvalue weighted by atomic mass is 9.99. The zero-order valence-electron chi connectivity index (χ0n) is 21.5. The monoisotopic (exact) mass is 486 g/mol. The molecule has 0 fully saturated rings. The second-order valence-electron chi connectivity index (χ2n) is 8.46. The van der Waals surface area contributed by atoms with E-state index in [0.29, 0.717) is 31.8 Å². The van der Waals surface area contributed by atoms with Gasteiger partial charge in [0.15, 0.2) is 11.9 Å². The third-order valence-electron chi connectivity index (χ3n) is 5.84. The molecule has 0 N–H and O–H groups in total. The van der Waals surface area contributed by atoms with Crippen molar-refractivity contribution in [3.8, 4) is 16.9 Å². The molecule has 3 aromatic rings. The Kier molecular flexibility index (Phi) is 10.0. The van der Waals surface area contributed by atoms with E-state index in [1.54, 1.807) is 13.8 Å². The zero-order chi connectivity index (χ0) is 25.9. The Balaban J connectivity index is 1.56. The Labute approximate surface area is 213 Å². The summed E-state index contributed by atoms with van der Waals surface area (Å²) in [6, 6.07) is 23.7. The second-order valence-corrected chi connectivity index (χ2v) is 8.46. The van der Waals surface area contributed by atoms with Crippen LogP contribution in [0.25, 0.3) is 16.7 Å². The van der Waals surface area contributed by atoms with Crippen molar-refractivity contribution < 1.29 is 23.8 Å². The number of benzene rings is 3. The number of Topliss-reactive ketones (excluding diaryl/α,β-unsaturated/α-hetero) is 1. The first-order valence-corrected chi connectivity index (χ1v) is 12.3. The number of allylic oxidation sites excluding steroid dienone is 1. The van der Waals surface area contributed by atoms with Crippen LogP contribution >= 0.6 is 0 Å². The highest BCUT2D eigenvalue weighted by molar-refractivity contribution is 5.95. The zero-order valence-corrected chi connectivity index (χ0v) is 21.5. The lowest BCUT2D eigenvalue weighted by molar-refractivity contribution is -0.156. The van der Waals surface area contributed by atoms with Crippen LogP contribution < -0.4 is 4.74 Å². The van der Waals surface area contributed by atoms with Crippen LogP contribution in [0.1, 0.15) is 49.2 Å². The van der Waals surface area contributed by atoms with Crippen molar-refractivity contribution in [1.29, 1.82) is 0 Å². The third-order valence-corrected chi connectivity index (χ3v) is 5.84. The molecule has 0 radical (unpaired) electrons. The van der Waals surface area contributed by atoms with Gasteiger partial charge in [-0.05, 0) is 79.8 Å². The van der Waals surface area contributed by atoms with E-state index >= 15 is 0 Å². The minimum absolute atomic E-state index is 0.0632. The van der Waals surface area contributed by atoms with E-state index in [4.69, 9.17) is 14.2 Å². The van der Waals surface area contributed by atoms with E-state index in [2.05, 4.69) is 31.2 Å². The summed E-state index contributed by atoms with van der Waals surface area (Å²) in [5.74, 6) is 0.485. The lowest BCUT2D eigenvalue weighted by Crippen LogP contribution is -2.28. The van der Waals surface area contributed by atoms with Gasteiger partial charge in [0.2, 0.25) is 0 Å². The first-order valence-electron chi connectivity index (χ1n) is 12.3. The van der Waals surface area contributed by atoms with Crippen molar-refractivity contribution >= 4 is 17.3 Å². The fourth-order valence-corrected chi connectivity index (χ4v) is 3.81. The maximum atomic E-state index is 12.1. The van der Waals surface area contributed by atoms with Crippen molar-refractivity contribution in [3.63, 3.8) is 0 Å². The van der Waals surface area contributed by atoms with E-state index in [1.807, 2.05) is 61.5 Å². The molecule has 0 heterocycles. The first-order chi connectivity index (χ1) is 17.4. The first kappa shape index (κ1) is 26.9. The molecular formula is C31H34O5. The summed E-state index contributed by atoms with van der Waals surface area (Å²) in [6.45, 7) is 8.51. The van der Waals surface area contributed by atoms with Gasteiger partial charge in [0.05, 0.1) is 6.61 Å². The van der Waals surface area contributed by atoms with Crippen LogP contribution in [0.15, 0.2) is 78.9 Å². The molecule has 5 heteroatoms. The molecule has 1 unspecified atom stereocenters. The molecule has 0 saturated heterocycles. The molecule has 36 heavy (non-hydrogen) atoms. The summed E-state index contributed by atoms with van der Waals surface area (Å²) in [5, 5.41) is 0. The van der Waals surface area contributed by atoms with Gasteiger partial charge in [-0.3, -0.25) is 4.79 Å². The SMILES string of the molecule is CCOC(=O)C(Cc1ccc(OC/C=C(\C)c2ccc(-c3cccc(C(C)=O)c3)cc2)cc1)OCC. The molecule has 0 amide bonds. The number of ether oxygens (including phenoxy) is 3. The van der Waals surface area contributed by atoms with Gasteiger partial charge in [-0.25, -0.2) is 4.79 Å². The van der Waals surface area contributed by atoms with Crippen molar-refractivity contribution in [1.82, 2.24) is 0 Å². The quantitative estimate of drug-likeness (QED) is 0.215. The van der Waals surface area contributed by atoms with E-state index in [9.17, 15) is 9.59 Å². The van der Waals surface area contributed by atoms with Crippen molar-refractivity contribution in [2.45, 2.75) is 40.2 Å². The number of ketones is 1. The van der Waals surface area contributed by atoms with Gasteiger partial charge < -0.3 is 14.2 Å². The van der Waals surface area contributed by atoms with Crippen molar-refractivity contribution in [3.05, 3.63) is 95.6 Å². The predicted octanol–water partition coefficient (Wildman–Crippen LogP) is 6.55. The molecule has 0 spiro atoms. The van der Waals surface area contributed by atoms with Gasteiger partial charge in [-0.15, -0.1) is 0 Å². The standard InChI is InChI=1S/C31H34O5/c1-5-34-30(31(33)35-6-2)20-24-10-16-29(17-11-24)36-19-18-22(3)25-12-14-26(15-13-25)28-9-7-8-27(21-28)23(4)32/h7-18,21,30H,5-6,19-20H2,1-4H3/b22-18+. The highest BCUT2D eigenvalue weighted by Gasteiger charge is 2.20. The molecule has 188 valence electrons. The van der Waals surface area contributed by atoms with Gasteiger partial charge in [0.1, 0.15) is 12.4 Å². The maximum absolute atomic E-state index is 12.1. The van der Waals surface area contributed by atoms with Gasteiger partial charge >= 0.3 is 5.97 Å². The summed E-state index contributed by atoms with van der Waals surface area (Å²) in [7, 11) is 0. The second kappa shape index (κ2) is 13.4. The van der Waals surface area contributed by atoms with Crippen LogP contribution in [0, 0.1) is 0 Å². The molecule has 0 aliphatic rings. The summed E-state index contributed by atoms with van der Waals surface area (Å²) in [4.78, 5) is 23.7. The predicted molar refractivity (Wildman–Crippen MR) is 143 cm³/mol. The average molecular weight is 487 g/mol. The van der Waals surface area contributed by atoms with Crippen LogP contribution in [-0.4, -0.2) is 37.7 Å². The smallest absolute Gasteiger partial charge is 0.335 e. The molecule has 0 aliphatic carbocycles. The van der Waals surface area contributed by atoms with Crippen LogP contribution in [0.4, 0.5) is 0 Å². The number of rotatable bonds is 12. The Hall–Kier alpha value is -3.70. The Morgan fingerprint density at radius 1 is 0.833 bits per heavy atom. The van der Waals surface area contributed by atoms with Gasteiger partial charge in [-0.1, -0.05) is 54.6 Å². The number of carbonyl (C=O) groups excluding carboxylic acids is 2. The summed E-state index contributed by atoms with van der Waals surface area (Å²) in [5.41, 5.74) is 6.02. The highest BCUT2D eigenvalue weighted by atomic mass is 16.6. The Bertz CT molecular complexity index is 1180. The minimum atomic E-state index is -0.600. The van der Waals surface area contributed by atoms with Crippen LogP contribution in [0.3, 0.4) is 0 Å². The molecule has 0 aromatic heterocycles. The van der Waals surface area contributed by atoms with E-state index < -0.39 is 6.10 Å². The molecule has 1 atom stereocenters. The minimum Gasteiger partial charge on any atom is -0.490 e. The maximum Gasteiger partial charge on any atom is 0.335 e. The number of esters is 1. The summed E-state index contributed by atoms with van der Waals surface area (Å²) in [6.07, 6.45) is 1.91. The van der Waals surface area contributed by atoms with Crippen molar-refractivity contribution in [2.75, 3.05) is 19.8 Å². The fourth-order valence-electron chi connectivity index (χ4n) is 3.81. The Morgan fingerprint density at radius 3 is 2.19 bits per heavy atom. The number of hydrogen-bond acceptors (Lipinski definition) is 5. The molecule has 0 bridgehead atoms. The molecule has 5 nitrogen and oxygen atoms in total. The van der Waals surface area contributed by atoms with Gasteiger partial charge in [0, 0.05) is 18.6 Å². The summed E-state index contributed by atoms with van der Waals surface area (Å²) < 4.78 is 16.5. The van der Waals surface area contributed by atoms with Gasteiger partial charge in [0.25, 0.3) is 0 Å². The average Bonchev–Trinajstić information content (AvgIpc) is 2.89. The Morgan fingerprint density at radius 2 is 1.56 bits per heavy atom. The normalized spacial score (nSPS) is 12.2. The van der Waals surface area contributed by atoms with Crippen molar-refractivity contribution in [2.24, 2.45) is 0 Å². The fraction of sp³-hybridized carbons (Fsp3) is 0.290. The third kappa shape index (κ3) is 7.65. The highest BCUT2D eigenvalue weighted by Crippen LogP contribution is 2.24. The molecule has 0 aliphatic heterocycles. The van der Waals surface area contributed by atoms with Crippen LogP contribution in [-0.2, 0) is 20.7 Å². The lowest BCUT2D eigenvalue weighted by Gasteiger charge is -2.15. The largest absolute Gasteiger partial charge is 0.490 e. The number of carbonyl (C=O) groups is 2. The van der Waals surface area contributed by atoms with E-state index in [1.165, 1.54) is 0 Å². The van der Waals surface area contributed by atoms with Gasteiger partial charge in [-0.2, -0.15) is 0 Å².